The first-order valence-electron chi connectivity index (χ1n) is 6.25. The van der Waals surface area contributed by atoms with Crippen molar-refractivity contribution < 1.29 is 4.74 Å². The minimum absolute atomic E-state index is 0.210. The molecule has 1 unspecified atom stereocenters. The summed E-state index contributed by atoms with van der Waals surface area (Å²) in [5.74, 6) is 0.825. The zero-order valence-corrected chi connectivity index (χ0v) is 10.9. The average molecular weight is 270 g/mol. The average Bonchev–Trinajstić information content (AvgIpc) is 2.89. The third kappa shape index (κ3) is 2.55. The van der Waals surface area contributed by atoms with Crippen LogP contribution >= 0.6 is 11.6 Å². The maximum Gasteiger partial charge on any atom is 0.244 e. The minimum atomic E-state index is 0.210. The molecule has 3 rings (SSSR count). The number of aromatic nitrogens is 3. The van der Waals surface area contributed by atoms with E-state index in [9.17, 15) is 0 Å². The van der Waals surface area contributed by atoms with E-state index in [0.717, 1.165) is 51.6 Å². The molecule has 0 bridgehead atoms. The molecule has 0 N–H and O–H groups in total. The molecule has 98 valence electrons. The number of rotatable bonds is 2. The Labute approximate surface area is 111 Å². The van der Waals surface area contributed by atoms with Crippen molar-refractivity contribution in [1.82, 2.24) is 20.1 Å². The smallest absolute Gasteiger partial charge is 0.244 e. The zero-order valence-electron chi connectivity index (χ0n) is 10.1. The van der Waals surface area contributed by atoms with Gasteiger partial charge in [-0.1, -0.05) is 0 Å². The highest BCUT2D eigenvalue weighted by atomic mass is 35.5. The van der Waals surface area contributed by atoms with Gasteiger partial charge in [-0.25, -0.2) is 0 Å². The Kier molecular flexibility index (Phi) is 3.58. The Balaban J connectivity index is 1.64. The van der Waals surface area contributed by atoms with Crippen LogP contribution in [0.4, 0.5) is 5.82 Å². The molecule has 6 nitrogen and oxygen atoms in total. The van der Waals surface area contributed by atoms with Gasteiger partial charge in [-0.05, 0) is 18.0 Å². The lowest BCUT2D eigenvalue weighted by molar-refractivity contribution is 0.0209. The number of anilines is 1. The van der Waals surface area contributed by atoms with Crippen LogP contribution in [0.1, 0.15) is 6.42 Å². The van der Waals surface area contributed by atoms with Gasteiger partial charge in [0, 0.05) is 32.2 Å². The van der Waals surface area contributed by atoms with Gasteiger partial charge in [-0.15, -0.1) is 5.10 Å². The van der Waals surface area contributed by atoms with E-state index in [1.165, 1.54) is 0 Å². The lowest BCUT2D eigenvalue weighted by atomic mass is 10.2. The van der Waals surface area contributed by atoms with Crippen molar-refractivity contribution in [3.63, 3.8) is 0 Å². The number of morpholine rings is 1. The molecule has 1 aromatic rings. The third-order valence-corrected chi connectivity index (χ3v) is 3.73. The fraction of sp³-hybridized carbons (Fsp3) is 0.727. The molecule has 0 aliphatic carbocycles. The Morgan fingerprint density at radius 3 is 2.89 bits per heavy atom. The van der Waals surface area contributed by atoms with E-state index < -0.39 is 0 Å². The number of ether oxygens (including phenoxy) is 1. The number of hydrogen-bond acceptors (Lipinski definition) is 6. The molecule has 0 aromatic carbocycles. The van der Waals surface area contributed by atoms with Gasteiger partial charge in [0.05, 0.1) is 19.4 Å². The normalized spacial score (nSPS) is 25.6. The summed E-state index contributed by atoms with van der Waals surface area (Å²) in [6, 6.07) is 0.586. The van der Waals surface area contributed by atoms with Gasteiger partial charge < -0.3 is 9.64 Å². The largest absolute Gasteiger partial charge is 0.379 e. The van der Waals surface area contributed by atoms with Crippen LogP contribution in [-0.4, -0.2) is 65.5 Å². The summed E-state index contributed by atoms with van der Waals surface area (Å²) in [6.45, 7) is 5.73. The molecular weight excluding hydrogens is 254 g/mol. The summed E-state index contributed by atoms with van der Waals surface area (Å²) < 4.78 is 5.38. The third-order valence-electron chi connectivity index (χ3n) is 3.57. The van der Waals surface area contributed by atoms with E-state index in [1.807, 2.05) is 0 Å². The molecule has 1 atom stereocenters. The summed E-state index contributed by atoms with van der Waals surface area (Å²) in [6.07, 6.45) is 2.83. The summed E-state index contributed by atoms with van der Waals surface area (Å²) in [5.41, 5.74) is 0. The fourth-order valence-corrected chi connectivity index (χ4v) is 2.75. The predicted octanol–water partition coefficient (Wildman–Crippen LogP) is 0.436. The van der Waals surface area contributed by atoms with Gasteiger partial charge >= 0.3 is 0 Å². The maximum absolute atomic E-state index is 5.77. The van der Waals surface area contributed by atoms with Crippen LogP contribution in [0, 0.1) is 0 Å². The lowest BCUT2D eigenvalue weighted by Crippen LogP contribution is -2.44. The van der Waals surface area contributed by atoms with Crippen LogP contribution in [0.25, 0.3) is 0 Å². The van der Waals surface area contributed by atoms with Crippen LogP contribution in [0.15, 0.2) is 6.20 Å². The second kappa shape index (κ2) is 5.34. The molecule has 2 fully saturated rings. The first-order chi connectivity index (χ1) is 8.83. The van der Waals surface area contributed by atoms with Gasteiger partial charge in [0.2, 0.25) is 5.28 Å². The van der Waals surface area contributed by atoms with E-state index in [4.69, 9.17) is 16.3 Å². The molecule has 2 aliphatic rings. The minimum Gasteiger partial charge on any atom is -0.379 e. The van der Waals surface area contributed by atoms with Crippen LogP contribution < -0.4 is 4.90 Å². The van der Waals surface area contributed by atoms with Crippen molar-refractivity contribution in [2.75, 3.05) is 44.3 Å². The molecule has 0 amide bonds. The molecule has 18 heavy (non-hydrogen) atoms. The summed E-state index contributed by atoms with van der Waals surface area (Å²) in [4.78, 5) is 8.93. The van der Waals surface area contributed by atoms with Gasteiger partial charge in [-0.3, -0.25) is 4.90 Å². The molecule has 0 saturated carbocycles. The number of halogens is 1. The highest BCUT2D eigenvalue weighted by Crippen LogP contribution is 2.21. The molecule has 0 radical (unpaired) electrons. The van der Waals surface area contributed by atoms with E-state index in [-0.39, 0.29) is 5.28 Å². The lowest BCUT2D eigenvalue weighted by Gasteiger charge is -2.32. The van der Waals surface area contributed by atoms with Gasteiger partial charge in [-0.2, -0.15) is 10.1 Å². The van der Waals surface area contributed by atoms with E-state index in [2.05, 4.69) is 25.0 Å². The molecule has 1 aromatic heterocycles. The van der Waals surface area contributed by atoms with Crippen molar-refractivity contribution in [1.29, 1.82) is 0 Å². The van der Waals surface area contributed by atoms with Crippen molar-refractivity contribution in [3.05, 3.63) is 11.5 Å². The maximum atomic E-state index is 5.77. The van der Waals surface area contributed by atoms with Crippen molar-refractivity contribution >= 4 is 17.4 Å². The Hall–Kier alpha value is -0.980. The topological polar surface area (TPSA) is 54.4 Å². The predicted molar refractivity (Wildman–Crippen MR) is 67.8 cm³/mol. The monoisotopic (exact) mass is 269 g/mol. The Bertz CT molecular complexity index is 412. The number of nitrogens with zero attached hydrogens (tertiary/aromatic N) is 5. The quantitative estimate of drug-likeness (QED) is 0.776. The van der Waals surface area contributed by atoms with Crippen LogP contribution in [0.3, 0.4) is 0 Å². The summed E-state index contributed by atoms with van der Waals surface area (Å²) in [5, 5.41) is 7.73. The second-order valence-corrected chi connectivity index (χ2v) is 4.96. The van der Waals surface area contributed by atoms with E-state index >= 15 is 0 Å². The second-order valence-electron chi connectivity index (χ2n) is 4.62. The van der Waals surface area contributed by atoms with Gasteiger partial charge in [0.15, 0.2) is 5.82 Å². The fourth-order valence-electron chi connectivity index (χ4n) is 2.62. The first kappa shape index (κ1) is 12.1. The highest BCUT2D eigenvalue weighted by Gasteiger charge is 2.29. The van der Waals surface area contributed by atoms with Crippen LogP contribution in [0.2, 0.25) is 5.28 Å². The molecule has 2 saturated heterocycles. The summed E-state index contributed by atoms with van der Waals surface area (Å²) in [7, 11) is 0. The van der Waals surface area contributed by atoms with Crippen molar-refractivity contribution in [2.24, 2.45) is 0 Å². The number of hydrogen-bond donors (Lipinski definition) is 0. The molecular formula is C11H16ClN5O. The highest BCUT2D eigenvalue weighted by molar-refractivity contribution is 6.28. The van der Waals surface area contributed by atoms with Crippen molar-refractivity contribution in [3.8, 4) is 0 Å². The zero-order chi connectivity index (χ0) is 12.4. The SMILES string of the molecule is Clc1nncc(N2CCC(N3CCOCC3)C2)n1. The molecule has 3 heterocycles. The standard InChI is InChI=1S/C11H16ClN5O/c12-11-14-10(7-13-15-11)17-2-1-9(8-17)16-3-5-18-6-4-16/h7,9H,1-6,8H2. The molecule has 0 spiro atoms. The van der Waals surface area contributed by atoms with Gasteiger partial charge in [0.1, 0.15) is 0 Å². The van der Waals surface area contributed by atoms with Crippen molar-refractivity contribution in [2.45, 2.75) is 12.5 Å². The van der Waals surface area contributed by atoms with Crippen LogP contribution in [0.5, 0.6) is 0 Å². The molecule has 7 heteroatoms. The van der Waals surface area contributed by atoms with E-state index in [1.54, 1.807) is 6.20 Å². The summed E-state index contributed by atoms with van der Waals surface area (Å²) >= 11 is 5.77. The Morgan fingerprint density at radius 1 is 1.28 bits per heavy atom. The molecule has 2 aliphatic heterocycles. The first-order valence-corrected chi connectivity index (χ1v) is 6.63. The van der Waals surface area contributed by atoms with Crippen LogP contribution in [-0.2, 0) is 4.74 Å². The van der Waals surface area contributed by atoms with E-state index in [0.29, 0.717) is 6.04 Å². The Morgan fingerprint density at radius 2 is 2.11 bits per heavy atom. The van der Waals surface area contributed by atoms with Gasteiger partial charge in [0.25, 0.3) is 0 Å².